The predicted octanol–water partition coefficient (Wildman–Crippen LogP) is 3.98. The average Bonchev–Trinajstić information content (AvgIpc) is 3.04. The summed E-state index contributed by atoms with van der Waals surface area (Å²) >= 11 is 1.45. The molecule has 4 heteroatoms. The van der Waals surface area contributed by atoms with Crippen LogP contribution in [0.1, 0.15) is 80.6 Å². The Morgan fingerprint density at radius 1 is 1.09 bits per heavy atom. The third-order valence-electron chi connectivity index (χ3n) is 3.90. The Morgan fingerprint density at radius 2 is 1.74 bits per heavy atom. The summed E-state index contributed by atoms with van der Waals surface area (Å²) in [5.74, 6) is 6.36. The van der Waals surface area contributed by atoms with Crippen LogP contribution < -0.4 is 5.73 Å². The normalized spacial score (nSPS) is 13.4. The van der Waals surface area contributed by atoms with Crippen LogP contribution in [-0.2, 0) is 0 Å². The lowest BCUT2D eigenvalue weighted by molar-refractivity contribution is 0.112. The predicted molar refractivity (Wildman–Crippen MR) is 98.4 cm³/mol. The highest BCUT2D eigenvalue weighted by Crippen LogP contribution is 2.24. The fourth-order valence-electron chi connectivity index (χ4n) is 2.39. The molecule has 1 heterocycles. The van der Waals surface area contributed by atoms with E-state index in [0.29, 0.717) is 0 Å². The molecule has 0 aliphatic rings. The lowest BCUT2D eigenvalue weighted by atomic mass is 10.1. The fourth-order valence-corrected chi connectivity index (χ4v) is 3.33. The molecular weight excluding hydrogens is 306 g/mol. The van der Waals surface area contributed by atoms with E-state index in [1.165, 1.54) is 56.3 Å². The van der Waals surface area contributed by atoms with E-state index in [2.05, 4.69) is 18.8 Å². The Balaban J connectivity index is 2.18. The molecule has 0 radical (unpaired) electrons. The van der Waals surface area contributed by atoms with E-state index >= 15 is 0 Å². The molecule has 0 amide bonds. The van der Waals surface area contributed by atoms with Gasteiger partial charge in [-0.2, -0.15) is 0 Å². The molecule has 0 unspecified atom stereocenters. The lowest BCUT2D eigenvalue weighted by Crippen LogP contribution is -2.31. The maximum absolute atomic E-state index is 9.93. The molecule has 4 N–H and O–H groups in total. The van der Waals surface area contributed by atoms with Gasteiger partial charge in [-0.05, 0) is 18.6 Å². The molecule has 130 valence electrons. The standard InChI is InChI=1S/C19H31NO2S/c1-2-3-4-5-6-7-8-9-10-11-12-16-13-14-18(23-16)19(22)17(20)15-21/h13-14,17,19,21-22H,2-10,15,20H2,1H3/t17-,19-/m0/s1. The van der Waals surface area contributed by atoms with Crippen LogP contribution in [0.15, 0.2) is 12.1 Å². The van der Waals surface area contributed by atoms with Crippen LogP contribution in [0, 0.1) is 11.8 Å². The van der Waals surface area contributed by atoms with Crippen LogP contribution in [0.3, 0.4) is 0 Å². The Kier molecular flexibility index (Phi) is 11.0. The molecule has 0 aliphatic heterocycles. The van der Waals surface area contributed by atoms with E-state index in [1.54, 1.807) is 0 Å². The second-order valence-corrected chi connectivity index (χ2v) is 7.14. The fraction of sp³-hybridized carbons (Fsp3) is 0.684. The number of hydrogen-bond donors (Lipinski definition) is 3. The molecule has 23 heavy (non-hydrogen) atoms. The largest absolute Gasteiger partial charge is 0.395 e. The van der Waals surface area contributed by atoms with Crippen LogP contribution in [-0.4, -0.2) is 22.9 Å². The van der Waals surface area contributed by atoms with E-state index in [0.717, 1.165) is 22.6 Å². The highest BCUT2D eigenvalue weighted by atomic mass is 32.1. The summed E-state index contributed by atoms with van der Waals surface area (Å²) in [4.78, 5) is 1.71. The van der Waals surface area contributed by atoms with Crippen LogP contribution in [0.4, 0.5) is 0 Å². The lowest BCUT2D eigenvalue weighted by Gasteiger charge is -2.14. The van der Waals surface area contributed by atoms with Crippen molar-refractivity contribution in [3.8, 4) is 11.8 Å². The summed E-state index contributed by atoms with van der Waals surface area (Å²) in [6.45, 7) is 2.02. The van der Waals surface area contributed by atoms with Gasteiger partial charge in [-0.15, -0.1) is 11.3 Å². The molecule has 0 saturated heterocycles. The summed E-state index contributed by atoms with van der Waals surface area (Å²) in [6, 6.07) is 3.12. The zero-order valence-corrected chi connectivity index (χ0v) is 15.1. The summed E-state index contributed by atoms with van der Waals surface area (Å²) in [5.41, 5.74) is 5.63. The van der Waals surface area contributed by atoms with Crippen molar-refractivity contribution in [3.63, 3.8) is 0 Å². The smallest absolute Gasteiger partial charge is 0.105 e. The van der Waals surface area contributed by atoms with Gasteiger partial charge in [0.2, 0.25) is 0 Å². The Labute approximate surface area is 144 Å². The number of unbranched alkanes of at least 4 members (excludes halogenated alkanes) is 8. The van der Waals surface area contributed by atoms with E-state index in [1.807, 2.05) is 12.1 Å². The maximum atomic E-state index is 9.93. The Morgan fingerprint density at radius 3 is 2.39 bits per heavy atom. The van der Waals surface area contributed by atoms with Crippen molar-refractivity contribution in [2.75, 3.05) is 6.61 Å². The second-order valence-electron chi connectivity index (χ2n) is 6.02. The van der Waals surface area contributed by atoms with Gasteiger partial charge in [0, 0.05) is 11.3 Å². The monoisotopic (exact) mass is 337 g/mol. The van der Waals surface area contributed by atoms with Crippen LogP contribution >= 0.6 is 11.3 Å². The van der Waals surface area contributed by atoms with Crippen molar-refractivity contribution in [3.05, 3.63) is 21.9 Å². The first-order valence-electron chi connectivity index (χ1n) is 8.82. The molecule has 0 aliphatic carbocycles. The van der Waals surface area contributed by atoms with E-state index in [-0.39, 0.29) is 6.61 Å². The first kappa shape index (κ1) is 20.2. The average molecular weight is 338 g/mol. The minimum absolute atomic E-state index is 0.224. The van der Waals surface area contributed by atoms with E-state index in [4.69, 9.17) is 10.8 Å². The SMILES string of the molecule is CCCCCCCCCCC#Cc1ccc([C@@H](O)[C@@H](N)CO)s1. The van der Waals surface area contributed by atoms with Crippen molar-refractivity contribution in [1.82, 2.24) is 0 Å². The molecule has 0 saturated carbocycles. The van der Waals surface area contributed by atoms with Gasteiger partial charge in [-0.3, -0.25) is 0 Å². The molecule has 2 atom stereocenters. The third-order valence-corrected chi connectivity index (χ3v) is 4.97. The summed E-state index contributed by atoms with van der Waals surface area (Å²) in [7, 11) is 0. The molecule has 0 aromatic carbocycles. The molecule has 1 aromatic rings. The number of nitrogens with two attached hydrogens (primary N) is 1. The molecule has 1 rings (SSSR count). The molecule has 3 nitrogen and oxygen atoms in total. The van der Waals surface area contributed by atoms with Gasteiger partial charge in [-0.25, -0.2) is 0 Å². The minimum atomic E-state index is -0.812. The van der Waals surface area contributed by atoms with Gasteiger partial charge < -0.3 is 15.9 Å². The van der Waals surface area contributed by atoms with E-state index < -0.39 is 12.1 Å². The van der Waals surface area contributed by atoms with Crippen LogP contribution in [0.25, 0.3) is 0 Å². The number of rotatable bonds is 11. The summed E-state index contributed by atoms with van der Waals surface area (Å²) < 4.78 is 0. The molecule has 0 bridgehead atoms. The maximum Gasteiger partial charge on any atom is 0.105 e. The van der Waals surface area contributed by atoms with Gasteiger partial charge in [0.25, 0.3) is 0 Å². The van der Waals surface area contributed by atoms with E-state index in [9.17, 15) is 5.11 Å². The Hall–Kier alpha value is -0.860. The first-order chi connectivity index (χ1) is 11.2. The summed E-state index contributed by atoms with van der Waals surface area (Å²) in [6.07, 6.45) is 10.6. The van der Waals surface area contributed by atoms with Crippen LogP contribution in [0.5, 0.6) is 0 Å². The van der Waals surface area contributed by atoms with Crippen molar-refractivity contribution in [2.24, 2.45) is 5.73 Å². The van der Waals surface area contributed by atoms with Crippen molar-refractivity contribution in [2.45, 2.75) is 76.9 Å². The zero-order valence-electron chi connectivity index (χ0n) is 14.3. The zero-order chi connectivity index (χ0) is 16.9. The van der Waals surface area contributed by atoms with Gasteiger partial charge in [0.15, 0.2) is 0 Å². The summed E-state index contributed by atoms with van der Waals surface area (Å²) in [5, 5.41) is 18.9. The topological polar surface area (TPSA) is 66.5 Å². The molecule has 0 fully saturated rings. The third kappa shape index (κ3) is 8.53. The van der Waals surface area contributed by atoms with Gasteiger partial charge >= 0.3 is 0 Å². The molecular formula is C19H31NO2S. The first-order valence-corrected chi connectivity index (χ1v) is 9.63. The van der Waals surface area contributed by atoms with Gasteiger partial charge in [0.05, 0.1) is 17.5 Å². The second kappa shape index (κ2) is 12.5. The van der Waals surface area contributed by atoms with Crippen molar-refractivity contribution < 1.29 is 10.2 Å². The van der Waals surface area contributed by atoms with Gasteiger partial charge in [-0.1, -0.05) is 63.7 Å². The highest BCUT2D eigenvalue weighted by Gasteiger charge is 2.17. The van der Waals surface area contributed by atoms with Crippen molar-refractivity contribution >= 4 is 11.3 Å². The van der Waals surface area contributed by atoms with Crippen LogP contribution in [0.2, 0.25) is 0 Å². The Bertz CT molecular complexity index is 475. The number of aliphatic hydroxyl groups excluding tert-OH is 2. The number of hydrogen-bond acceptors (Lipinski definition) is 4. The van der Waals surface area contributed by atoms with Gasteiger partial charge in [0.1, 0.15) is 6.10 Å². The number of thiophene rings is 1. The molecule has 0 spiro atoms. The highest BCUT2D eigenvalue weighted by molar-refractivity contribution is 7.12. The van der Waals surface area contributed by atoms with Crippen molar-refractivity contribution in [1.29, 1.82) is 0 Å². The molecule has 1 aromatic heterocycles. The number of aliphatic hydroxyl groups is 2. The minimum Gasteiger partial charge on any atom is -0.395 e. The quantitative estimate of drug-likeness (QED) is 0.422.